The summed E-state index contributed by atoms with van der Waals surface area (Å²) in [6.45, 7) is 6.42. The Morgan fingerprint density at radius 1 is 1.33 bits per heavy atom. The smallest absolute Gasteiger partial charge is 0.250 e. The zero-order valence-electron chi connectivity index (χ0n) is 11.0. The SMILES string of the molecule is CC1CCN(c2cc(N)ccc2C(N)=O)CC1C. The number of anilines is 2. The van der Waals surface area contributed by atoms with E-state index < -0.39 is 5.91 Å². The minimum absolute atomic E-state index is 0.392. The molecule has 2 rings (SSSR count). The molecule has 1 heterocycles. The third kappa shape index (κ3) is 2.42. The van der Waals surface area contributed by atoms with Crippen molar-refractivity contribution in [3.8, 4) is 0 Å². The second kappa shape index (κ2) is 4.88. The summed E-state index contributed by atoms with van der Waals surface area (Å²) in [5.41, 5.74) is 13.3. The number of benzene rings is 1. The maximum atomic E-state index is 11.5. The Morgan fingerprint density at radius 3 is 2.67 bits per heavy atom. The lowest BCUT2D eigenvalue weighted by Gasteiger charge is -2.37. The van der Waals surface area contributed by atoms with Crippen molar-refractivity contribution in [2.45, 2.75) is 20.3 Å². The highest BCUT2D eigenvalue weighted by molar-refractivity contribution is 5.99. The molecule has 0 spiro atoms. The van der Waals surface area contributed by atoms with Gasteiger partial charge in [0.05, 0.1) is 11.3 Å². The van der Waals surface area contributed by atoms with Gasteiger partial charge < -0.3 is 16.4 Å². The Balaban J connectivity index is 2.32. The molecule has 1 aromatic carbocycles. The Labute approximate surface area is 108 Å². The summed E-state index contributed by atoms with van der Waals surface area (Å²) in [7, 11) is 0. The van der Waals surface area contributed by atoms with Crippen LogP contribution in [0.3, 0.4) is 0 Å². The van der Waals surface area contributed by atoms with Gasteiger partial charge in [-0.25, -0.2) is 0 Å². The lowest BCUT2D eigenvalue weighted by Crippen LogP contribution is -2.39. The monoisotopic (exact) mass is 247 g/mol. The van der Waals surface area contributed by atoms with Gasteiger partial charge in [0.15, 0.2) is 0 Å². The van der Waals surface area contributed by atoms with Crippen LogP contribution in [0.15, 0.2) is 18.2 Å². The number of carbonyl (C=O) groups excluding carboxylic acids is 1. The average molecular weight is 247 g/mol. The van der Waals surface area contributed by atoms with Gasteiger partial charge in [-0.1, -0.05) is 13.8 Å². The fraction of sp³-hybridized carbons (Fsp3) is 0.500. The summed E-state index contributed by atoms with van der Waals surface area (Å²) in [4.78, 5) is 13.7. The average Bonchev–Trinajstić information content (AvgIpc) is 2.32. The maximum absolute atomic E-state index is 11.5. The van der Waals surface area contributed by atoms with Crippen molar-refractivity contribution in [1.29, 1.82) is 0 Å². The Hall–Kier alpha value is -1.71. The van der Waals surface area contributed by atoms with E-state index in [0.717, 1.165) is 31.1 Å². The first-order valence-electron chi connectivity index (χ1n) is 6.43. The summed E-state index contributed by atoms with van der Waals surface area (Å²) in [5, 5.41) is 0. The van der Waals surface area contributed by atoms with E-state index in [-0.39, 0.29) is 0 Å². The molecule has 1 aliphatic heterocycles. The van der Waals surface area contributed by atoms with E-state index >= 15 is 0 Å². The van der Waals surface area contributed by atoms with Gasteiger partial charge >= 0.3 is 0 Å². The molecule has 1 aromatic rings. The first-order valence-corrected chi connectivity index (χ1v) is 6.43. The molecule has 2 unspecified atom stereocenters. The summed E-state index contributed by atoms with van der Waals surface area (Å²) in [5.74, 6) is 0.941. The molecule has 2 atom stereocenters. The number of piperidine rings is 1. The van der Waals surface area contributed by atoms with Crippen molar-refractivity contribution in [2.24, 2.45) is 17.6 Å². The van der Waals surface area contributed by atoms with Crippen LogP contribution >= 0.6 is 0 Å². The molecule has 1 aliphatic rings. The van der Waals surface area contributed by atoms with Gasteiger partial charge in [-0.15, -0.1) is 0 Å². The van der Waals surface area contributed by atoms with Crippen molar-refractivity contribution in [2.75, 3.05) is 23.7 Å². The van der Waals surface area contributed by atoms with E-state index in [9.17, 15) is 4.79 Å². The van der Waals surface area contributed by atoms with Crippen LogP contribution in [0, 0.1) is 11.8 Å². The third-order valence-corrected chi connectivity index (χ3v) is 3.96. The number of nitrogen functional groups attached to an aromatic ring is 1. The largest absolute Gasteiger partial charge is 0.399 e. The van der Waals surface area contributed by atoms with Crippen LogP contribution in [0.2, 0.25) is 0 Å². The number of primary amides is 1. The summed E-state index contributed by atoms with van der Waals surface area (Å²) >= 11 is 0. The molecule has 0 aliphatic carbocycles. The molecule has 98 valence electrons. The number of nitrogens with two attached hydrogens (primary N) is 2. The number of carbonyl (C=O) groups is 1. The minimum Gasteiger partial charge on any atom is -0.399 e. The fourth-order valence-corrected chi connectivity index (χ4v) is 2.50. The number of hydrogen-bond donors (Lipinski definition) is 2. The second-order valence-corrected chi connectivity index (χ2v) is 5.33. The molecule has 4 N–H and O–H groups in total. The molecule has 1 fully saturated rings. The first kappa shape index (κ1) is 12.7. The minimum atomic E-state index is -0.392. The van der Waals surface area contributed by atoms with Gasteiger partial charge in [-0.3, -0.25) is 4.79 Å². The quantitative estimate of drug-likeness (QED) is 0.783. The molecule has 1 saturated heterocycles. The first-order chi connectivity index (χ1) is 8.49. The zero-order valence-corrected chi connectivity index (χ0v) is 11.0. The van der Waals surface area contributed by atoms with Crippen LogP contribution in [0.1, 0.15) is 30.6 Å². The lowest BCUT2D eigenvalue weighted by molar-refractivity contribution is 0.100. The van der Waals surface area contributed by atoms with Gasteiger partial charge in [-0.2, -0.15) is 0 Å². The normalized spacial score (nSPS) is 24.0. The van der Waals surface area contributed by atoms with Crippen LogP contribution in [0.5, 0.6) is 0 Å². The molecular weight excluding hydrogens is 226 g/mol. The van der Waals surface area contributed by atoms with E-state index in [2.05, 4.69) is 18.7 Å². The number of hydrogen-bond acceptors (Lipinski definition) is 3. The Bertz CT molecular complexity index is 458. The predicted molar refractivity (Wildman–Crippen MR) is 74.5 cm³/mol. The number of rotatable bonds is 2. The molecule has 0 bridgehead atoms. The van der Waals surface area contributed by atoms with E-state index in [0.29, 0.717) is 17.2 Å². The van der Waals surface area contributed by atoms with Crippen LogP contribution in [0.25, 0.3) is 0 Å². The molecular formula is C14H21N3O. The third-order valence-electron chi connectivity index (χ3n) is 3.96. The van der Waals surface area contributed by atoms with Gasteiger partial charge in [0, 0.05) is 18.8 Å². The Morgan fingerprint density at radius 2 is 2.06 bits per heavy atom. The summed E-state index contributed by atoms with van der Waals surface area (Å²) in [6.07, 6.45) is 1.13. The van der Waals surface area contributed by atoms with Gasteiger partial charge in [0.25, 0.3) is 5.91 Å². The van der Waals surface area contributed by atoms with E-state index in [1.54, 1.807) is 12.1 Å². The highest BCUT2D eigenvalue weighted by Crippen LogP contribution is 2.30. The molecule has 4 nitrogen and oxygen atoms in total. The van der Waals surface area contributed by atoms with Crippen LogP contribution in [-0.4, -0.2) is 19.0 Å². The topological polar surface area (TPSA) is 72.3 Å². The van der Waals surface area contributed by atoms with Crippen LogP contribution < -0.4 is 16.4 Å². The standard InChI is InChI=1S/C14H21N3O/c1-9-5-6-17(8-10(9)2)13-7-11(15)3-4-12(13)14(16)18/h3-4,7,9-10H,5-6,8,15H2,1-2H3,(H2,16,18). The summed E-state index contributed by atoms with van der Waals surface area (Å²) < 4.78 is 0. The van der Waals surface area contributed by atoms with Crippen molar-refractivity contribution in [1.82, 2.24) is 0 Å². The molecule has 4 heteroatoms. The van der Waals surface area contributed by atoms with Crippen molar-refractivity contribution < 1.29 is 4.79 Å². The highest BCUT2D eigenvalue weighted by atomic mass is 16.1. The maximum Gasteiger partial charge on any atom is 0.250 e. The van der Waals surface area contributed by atoms with Crippen molar-refractivity contribution in [3.05, 3.63) is 23.8 Å². The molecule has 1 amide bonds. The van der Waals surface area contributed by atoms with E-state index in [4.69, 9.17) is 11.5 Å². The molecule has 0 radical (unpaired) electrons. The molecule has 0 saturated carbocycles. The van der Waals surface area contributed by atoms with Gasteiger partial charge in [-0.05, 0) is 36.5 Å². The van der Waals surface area contributed by atoms with Gasteiger partial charge in [0.2, 0.25) is 0 Å². The van der Waals surface area contributed by atoms with E-state index in [1.807, 2.05) is 6.07 Å². The second-order valence-electron chi connectivity index (χ2n) is 5.33. The fourth-order valence-electron chi connectivity index (χ4n) is 2.50. The van der Waals surface area contributed by atoms with Crippen molar-refractivity contribution >= 4 is 17.3 Å². The number of amides is 1. The zero-order chi connectivity index (χ0) is 13.3. The Kier molecular flexibility index (Phi) is 3.45. The van der Waals surface area contributed by atoms with Crippen molar-refractivity contribution in [3.63, 3.8) is 0 Å². The van der Waals surface area contributed by atoms with E-state index in [1.165, 1.54) is 0 Å². The highest BCUT2D eigenvalue weighted by Gasteiger charge is 2.25. The lowest BCUT2D eigenvalue weighted by atomic mass is 9.88. The molecule has 0 aromatic heterocycles. The summed E-state index contributed by atoms with van der Waals surface area (Å²) in [6, 6.07) is 5.29. The molecule has 18 heavy (non-hydrogen) atoms. The predicted octanol–water partition coefficient (Wildman–Crippen LogP) is 1.85. The van der Waals surface area contributed by atoms with Crippen LogP contribution in [-0.2, 0) is 0 Å². The number of nitrogens with zero attached hydrogens (tertiary/aromatic N) is 1. The van der Waals surface area contributed by atoms with Gasteiger partial charge in [0.1, 0.15) is 0 Å². The van der Waals surface area contributed by atoms with Crippen LogP contribution in [0.4, 0.5) is 11.4 Å².